The second-order valence-electron chi connectivity index (χ2n) is 4.96. The van der Waals surface area contributed by atoms with Crippen LogP contribution >= 0.6 is 11.3 Å². The van der Waals surface area contributed by atoms with Gasteiger partial charge in [-0.05, 0) is 17.7 Å². The minimum Gasteiger partial charge on any atom is -0.347 e. The van der Waals surface area contributed by atoms with Crippen molar-refractivity contribution in [2.75, 3.05) is 5.32 Å². The molecule has 0 aliphatic heterocycles. The van der Waals surface area contributed by atoms with Crippen LogP contribution in [0.1, 0.15) is 16.1 Å². The van der Waals surface area contributed by atoms with E-state index in [4.69, 9.17) is 0 Å². The monoisotopic (exact) mass is 345 g/mol. The third kappa shape index (κ3) is 3.94. The topological polar surface area (TPSA) is 54.0 Å². The molecule has 0 saturated heterocycles. The Labute approximate surface area is 141 Å². The fourth-order valence-electron chi connectivity index (χ4n) is 2.00. The molecule has 3 aromatic rings. The van der Waals surface area contributed by atoms with Crippen molar-refractivity contribution < 1.29 is 13.6 Å². The number of thiazole rings is 1. The zero-order valence-corrected chi connectivity index (χ0v) is 13.2. The molecule has 0 aliphatic rings. The van der Waals surface area contributed by atoms with Crippen LogP contribution in [-0.2, 0) is 6.54 Å². The molecule has 0 spiro atoms. The summed E-state index contributed by atoms with van der Waals surface area (Å²) in [4.78, 5) is 16.2. The molecule has 3 rings (SSSR count). The third-order valence-electron chi connectivity index (χ3n) is 3.20. The normalized spacial score (nSPS) is 10.4. The largest absolute Gasteiger partial charge is 0.347 e. The van der Waals surface area contributed by atoms with Crippen LogP contribution in [0.2, 0.25) is 0 Å². The van der Waals surface area contributed by atoms with Crippen LogP contribution < -0.4 is 10.6 Å². The number of nitrogens with one attached hydrogen (secondary N) is 2. The van der Waals surface area contributed by atoms with E-state index in [1.165, 1.54) is 17.4 Å². The molecular weight excluding hydrogens is 332 g/mol. The number of carbonyl (C=O) groups is 1. The van der Waals surface area contributed by atoms with Crippen LogP contribution in [0.25, 0.3) is 0 Å². The summed E-state index contributed by atoms with van der Waals surface area (Å²) in [6.07, 6.45) is 0. The predicted octanol–water partition coefficient (Wildman–Crippen LogP) is 4.09. The van der Waals surface area contributed by atoms with Crippen molar-refractivity contribution in [1.29, 1.82) is 0 Å². The van der Waals surface area contributed by atoms with Crippen molar-refractivity contribution in [3.63, 3.8) is 0 Å². The number of amides is 1. The standard InChI is InChI=1S/C17H13F2N3OS/c18-13-7-6-12(8-14(13)19)21-17-22-15(10-24-17)16(23)20-9-11-4-2-1-3-5-11/h1-8,10H,9H2,(H,20,23)(H,21,22). The minimum atomic E-state index is -0.947. The Morgan fingerprint density at radius 2 is 1.88 bits per heavy atom. The molecule has 0 radical (unpaired) electrons. The van der Waals surface area contributed by atoms with E-state index in [2.05, 4.69) is 15.6 Å². The van der Waals surface area contributed by atoms with Crippen molar-refractivity contribution in [1.82, 2.24) is 10.3 Å². The summed E-state index contributed by atoms with van der Waals surface area (Å²) < 4.78 is 26.1. The number of anilines is 2. The molecule has 0 saturated carbocycles. The summed E-state index contributed by atoms with van der Waals surface area (Å²) in [6.45, 7) is 0.406. The van der Waals surface area contributed by atoms with E-state index in [1.54, 1.807) is 5.38 Å². The zero-order valence-electron chi connectivity index (χ0n) is 12.4. The Kier molecular flexibility index (Phi) is 4.81. The molecule has 0 bridgehead atoms. The van der Waals surface area contributed by atoms with Gasteiger partial charge in [-0.1, -0.05) is 30.3 Å². The lowest BCUT2D eigenvalue weighted by atomic mass is 10.2. The van der Waals surface area contributed by atoms with E-state index in [9.17, 15) is 13.6 Å². The Hall–Kier alpha value is -2.80. The number of benzene rings is 2. The van der Waals surface area contributed by atoms with Gasteiger partial charge in [0.05, 0.1) is 0 Å². The molecule has 2 N–H and O–H groups in total. The molecule has 24 heavy (non-hydrogen) atoms. The molecule has 7 heteroatoms. The summed E-state index contributed by atoms with van der Waals surface area (Å²) >= 11 is 1.21. The Morgan fingerprint density at radius 1 is 1.08 bits per heavy atom. The van der Waals surface area contributed by atoms with Gasteiger partial charge in [0.1, 0.15) is 5.69 Å². The zero-order chi connectivity index (χ0) is 16.9. The first-order chi connectivity index (χ1) is 11.6. The van der Waals surface area contributed by atoms with Gasteiger partial charge in [-0.3, -0.25) is 4.79 Å². The van der Waals surface area contributed by atoms with Gasteiger partial charge in [-0.2, -0.15) is 0 Å². The summed E-state index contributed by atoms with van der Waals surface area (Å²) in [5, 5.41) is 7.64. The number of nitrogens with zero attached hydrogens (tertiary/aromatic N) is 1. The average Bonchev–Trinajstić information content (AvgIpc) is 3.05. The highest BCUT2D eigenvalue weighted by atomic mass is 32.1. The van der Waals surface area contributed by atoms with Crippen LogP contribution in [-0.4, -0.2) is 10.9 Å². The highest BCUT2D eigenvalue weighted by Crippen LogP contribution is 2.22. The number of halogens is 2. The lowest BCUT2D eigenvalue weighted by molar-refractivity contribution is 0.0946. The number of carbonyl (C=O) groups excluding carboxylic acids is 1. The van der Waals surface area contributed by atoms with E-state index in [-0.39, 0.29) is 11.6 Å². The molecule has 0 aliphatic carbocycles. The van der Waals surface area contributed by atoms with Crippen LogP contribution in [0.15, 0.2) is 53.9 Å². The molecule has 1 amide bonds. The fourth-order valence-corrected chi connectivity index (χ4v) is 2.71. The SMILES string of the molecule is O=C(NCc1ccccc1)c1csc(Nc2ccc(F)c(F)c2)n1. The first kappa shape index (κ1) is 16.1. The predicted molar refractivity (Wildman–Crippen MR) is 89.4 cm³/mol. The van der Waals surface area contributed by atoms with Crippen LogP contribution in [0.5, 0.6) is 0 Å². The van der Waals surface area contributed by atoms with Crippen molar-refractivity contribution in [3.8, 4) is 0 Å². The molecule has 4 nitrogen and oxygen atoms in total. The number of hydrogen-bond donors (Lipinski definition) is 2. The highest BCUT2D eigenvalue weighted by molar-refractivity contribution is 7.14. The minimum absolute atomic E-state index is 0.265. The van der Waals surface area contributed by atoms with Gasteiger partial charge in [-0.15, -0.1) is 11.3 Å². The molecule has 1 aromatic heterocycles. The molecule has 1 heterocycles. The maximum atomic E-state index is 13.2. The summed E-state index contributed by atoms with van der Waals surface area (Å²) in [6, 6.07) is 13.0. The van der Waals surface area contributed by atoms with Crippen molar-refractivity contribution in [2.24, 2.45) is 0 Å². The van der Waals surface area contributed by atoms with E-state index in [0.29, 0.717) is 17.4 Å². The highest BCUT2D eigenvalue weighted by Gasteiger charge is 2.11. The summed E-state index contributed by atoms with van der Waals surface area (Å²) in [5.74, 6) is -2.16. The van der Waals surface area contributed by atoms with Crippen LogP contribution in [0, 0.1) is 11.6 Å². The number of aromatic nitrogens is 1. The van der Waals surface area contributed by atoms with Crippen molar-refractivity contribution in [3.05, 3.63) is 76.8 Å². The van der Waals surface area contributed by atoms with E-state index >= 15 is 0 Å². The Morgan fingerprint density at radius 3 is 2.62 bits per heavy atom. The number of rotatable bonds is 5. The van der Waals surface area contributed by atoms with Gasteiger partial charge in [-0.25, -0.2) is 13.8 Å². The molecule has 0 atom stereocenters. The Balaban J connectivity index is 1.62. The van der Waals surface area contributed by atoms with Gasteiger partial charge >= 0.3 is 0 Å². The second-order valence-corrected chi connectivity index (χ2v) is 5.82. The van der Waals surface area contributed by atoms with Crippen LogP contribution in [0.4, 0.5) is 19.6 Å². The molecule has 0 fully saturated rings. The first-order valence-electron chi connectivity index (χ1n) is 7.11. The van der Waals surface area contributed by atoms with Gasteiger partial charge in [0.25, 0.3) is 5.91 Å². The second kappa shape index (κ2) is 7.18. The summed E-state index contributed by atoms with van der Waals surface area (Å²) in [5.41, 5.74) is 1.61. The third-order valence-corrected chi connectivity index (χ3v) is 3.96. The van der Waals surface area contributed by atoms with Crippen LogP contribution in [0.3, 0.4) is 0 Å². The lowest BCUT2D eigenvalue weighted by Crippen LogP contribution is -2.23. The molecule has 2 aromatic carbocycles. The molecule has 0 unspecified atom stereocenters. The van der Waals surface area contributed by atoms with Crippen molar-refractivity contribution in [2.45, 2.75) is 6.54 Å². The van der Waals surface area contributed by atoms with Gasteiger partial charge in [0, 0.05) is 23.7 Å². The van der Waals surface area contributed by atoms with Gasteiger partial charge < -0.3 is 10.6 Å². The molecule has 122 valence electrons. The van der Waals surface area contributed by atoms with Gasteiger partial charge in [0.15, 0.2) is 16.8 Å². The number of hydrogen-bond acceptors (Lipinski definition) is 4. The van der Waals surface area contributed by atoms with Crippen molar-refractivity contribution >= 4 is 28.1 Å². The van der Waals surface area contributed by atoms with E-state index in [1.807, 2.05) is 30.3 Å². The smallest absolute Gasteiger partial charge is 0.271 e. The fraction of sp³-hybridized carbons (Fsp3) is 0.0588. The van der Waals surface area contributed by atoms with Gasteiger partial charge in [0.2, 0.25) is 0 Å². The van der Waals surface area contributed by atoms with E-state index < -0.39 is 11.6 Å². The maximum Gasteiger partial charge on any atom is 0.271 e. The van der Waals surface area contributed by atoms with E-state index in [0.717, 1.165) is 17.7 Å². The average molecular weight is 345 g/mol. The Bertz CT molecular complexity index is 852. The summed E-state index contributed by atoms with van der Waals surface area (Å²) in [7, 11) is 0. The maximum absolute atomic E-state index is 13.2. The lowest BCUT2D eigenvalue weighted by Gasteiger charge is -2.04. The molecular formula is C17H13F2N3OS. The quantitative estimate of drug-likeness (QED) is 0.732. The first-order valence-corrected chi connectivity index (χ1v) is 7.99.